The third kappa shape index (κ3) is 4.06. The number of rotatable bonds is 5. The number of carbonyl (C=O) groups is 2. The molecule has 1 aromatic carbocycles. The summed E-state index contributed by atoms with van der Waals surface area (Å²) in [7, 11) is 1.57. The Hall–Kier alpha value is -1.36. The molecule has 0 unspecified atom stereocenters. The molecule has 0 saturated carbocycles. The molecule has 0 spiro atoms. The Bertz CT molecular complexity index is 475. The highest BCUT2D eigenvalue weighted by atomic mass is 79.9. The number of hydrogen-bond acceptors (Lipinski definition) is 2. The summed E-state index contributed by atoms with van der Waals surface area (Å²) in [5.74, 6) is -0.265. The van der Waals surface area contributed by atoms with Gasteiger partial charge in [0.05, 0.1) is 6.54 Å². The highest BCUT2D eigenvalue weighted by Crippen LogP contribution is 2.20. The number of hydrogen-bond donors (Lipinski definition) is 1. The van der Waals surface area contributed by atoms with Crippen LogP contribution in [0.15, 0.2) is 22.7 Å². The van der Waals surface area contributed by atoms with Crippen LogP contribution in [-0.2, 0) is 4.79 Å². The quantitative estimate of drug-likeness (QED) is 0.903. The number of nitrogens with one attached hydrogen (secondary N) is 1. The molecule has 0 fully saturated rings. The van der Waals surface area contributed by atoms with Crippen molar-refractivity contribution >= 4 is 27.7 Å². The zero-order valence-corrected chi connectivity index (χ0v) is 13.1. The summed E-state index contributed by atoms with van der Waals surface area (Å²) in [5.41, 5.74) is 1.53. The van der Waals surface area contributed by atoms with Crippen LogP contribution >= 0.6 is 15.9 Å². The molecule has 2 amide bonds. The lowest BCUT2D eigenvalue weighted by Crippen LogP contribution is -2.40. The van der Waals surface area contributed by atoms with E-state index in [0.717, 1.165) is 16.5 Å². The molecular formula is C14H19BrN2O2. The minimum atomic E-state index is -0.158. The Morgan fingerprint density at radius 3 is 2.63 bits per heavy atom. The molecule has 104 valence electrons. The Kier molecular flexibility index (Phi) is 6.02. The van der Waals surface area contributed by atoms with E-state index in [1.54, 1.807) is 18.0 Å². The fraction of sp³-hybridized carbons (Fsp3) is 0.429. The van der Waals surface area contributed by atoms with Gasteiger partial charge < -0.3 is 10.2 Å². The molecule has 0 aliphatic rings. The first kappa shape index (κ1) is 15.7. The summed E-state index contributed by atoms with van der Waals surface area (Å²) < 4.78 is 0.898. The van der Waals surface area contributed by atoms with E-state index in [2.05, 4.69) is 21.2 Å². The van der Waals surface area contributed by atoms with Crippen molar-refractivity contribution in [3.8, 4) is 0 Å². The van der Waals surface area contributed by atoms with Gasteiger partial charge in [0.2, 0.25) is 5.91 Å². The van der Waals surface area contributed by atoms with Gasteiger partial charge in [-0.15, -0.1) is 0 Å². The van der Waals surface area contributed by atoms with Gasteiger partial charge in [-0.05, 0) is 31.0 Å². The first-order valence-corrected chi connectivity index (χ1v) is 7.05. The fourth-order valence-corrected chi connectivity index (χ4v) is 2.15. The van der Waals surface area contributed by atoms with Crippen LogP contribution in [0, 0.1) is 6.92 Å². The molecule has 0 atom stereocenters. The first-order chi connectivity index (χ1) is 9.01. The zero-order valence-electron chi connectivity index (χ0n) is 11.5. The van der Waals surface area contributed by atoms with Crippen molar-refractivity contribution < 1.29 is 9.59 Å². The van der Waals surface area contributed by atoms with Crippen LogP contribution in [0.1, 0.15) is 29.3 Å². The number of likely N-dealkylation sites (N-methyl/N-ethyl adjacent to an activating group) is 1. The molecule has 0 aromatic heterocycles. The van der Waals surface area contributed by atoms with Gasteiger partial charge in [0, 0.05) is 23.6 Å². The Morgan fingerprint density at radius 2 is 2.05 bits per heavy atom. The SMILES string of the molecule is CCCN(CC(=O)NC)C(=O)c1cccc(Br)c1C. The molecule has 0 saturated heterocycles. The van der Waals surface area contributed by atoms with Gasteiger partial charge >= 0.3 is 0 Å². The van der Waals surface area contributed by atoms with Crippen LogP contribution in [0.5, 0.6) is 0 Å². The van der Waals surface area contributed by atoms with Crippen LogP contribution in [0.25, 0.3) is 0 Å². The molecule has 0 aliphatic carbocycles. The summed E-state index contributed by atoms with van der Waals surface area (Å²) in [5, 5.41) is 2.54. The monoisotopic (exact) mass is 326 g/mol. The van der Waals surface area contributed by atoms with Gasteiger partial charge in [0.1, 0.15) is 0 Å². The standard InChI is InChI=1S/C14H19BrN2O2/c1-4-8-17(9-13(18)16-3)14(19)11-6-5-7-12(15)10(11)2/h5-7H,4,8-9H2,1-3H3,(H,16,18). The normalized spacial score (nSPS) is 10.1. The topological polar surface area (TPSA) is 49.4 Å². The molecule has 0 aliphatic heterocycles. The summed E-state index contributed by atoms with van der Waals surface area (Å²) in [4.78, 5) is 25.5. The lowest BCUT2D eigenvalue weighted by atomic mass is 10.1. The minimum Gasteiger partial charge on any atom is -0.358 e. The molecule has 5 heteroatoms. The van der Waals surface area contributed by atoms with Crippen molar-refractivity contribution in [2.75, 3.05) is 20.1 Å². The van der Waals surface area contributed by atoms with Crippen LogP contribution in [0.4, 0.5) is 0 Å². The molecule has 0 bridgehead atoms. The Morgan fingerprint density at radius 1 is 1.37 bits per heavy atom. The molecular weight excluding hydrogens is 308 g/mol. The number of benzene rings is 1. The van der Waals surface area contributed by atoms with Crippen LogP contribution < -0.4 is 5.32 Å². The average Bonchev–Trinajstić information content (AvgIpc) is 2.40. The summed E-state index contributed by atoms with van der Waals surface area (Å²) in [6.45, 7) is 4.53. The van der Waals surface area contributed by atoms with E-state index in [-0.39, 0.29) is 18.4 Å². The summed E-state index contributed by atoms with van der Waals surface area (Å²) >= 11 is 3.42. The highest BCUT2D eigenvalue weighted by molar-refractivity contribution is 9.10. The van der Waals surface area contributed by atoms with Crippen molar-refractivity contribution in [3.63, 3.8) is 0 Å². The van der Waals surface area contributed by atoms with E-state index >= 15 is 0 Å². The van der Waals surface area contributed by atoms with Crippen LogP contribution in [0.2, 0.25) is 0 Å². The lowest BCUT2D eigenvalue weighted by molar-refractivity contribution is -0.121. The number of carbonyl (C=O) groups excluding carboxylic acids is 2. The number of halogens is 1. The van der Waals surface area contributed by atoms with Gasteiger partial charge in [-0.1, -0.05) is 28.9 Å². The molecule has 19 heavy (non-hydrogen) atoms. The van der Waals surface area contributed by atoms with Gasteiger partial charge in [0.15, 0.2) is 0 Å². The number of amides is 2. The van der Waals surface area contributed by atoms with Crippen LogP contribution in [-0.4, -0.2) is 36.9 Å². The maximum Gasteiger partial charge on any atom is 0.254 e. The maximum atomic E-state index is 12.5. The zero-order chi connectivity index (χ0) is 14.4. The van der Waals surface area contributed by atoms with Crippen molar-refractivity contribution in [2.24, 2.45) is 0 Å². The van der Waals surface area contributed by atoms with Gasteiger partial charge in [0.25, 0.3) is 5.91 Å². The van der Waals surface area contributed by atoms with Crippen molar-refractivity contribution in [1.82, 2.24) is 10.2 Å². The van der Waals surface area contributed by atoms with Crippen molar-refractivity contribution in [1.29, 1.82) is 0 Å². The van der Waals surface area contributed by atoms with E-state index in [9.17, 15) is 9.59 Å². The van der Waals surface area contributed by atoms with E-state index in [0.29, 0.717) is 12.1 Å². The lowest BCUT2D eigenvalue weighted by Gasteiger charge is -2.22. The highest BCUT2D eigenvalue weighted by Gasteiger charge is 2.19. The second-order valence-corrected chi connectivity index (χ2v) is 5.17. The van der Waals surface area contributed by atoms with E-state index in [1.165, 1.54) is 0 Å². The second kappa shape index (κ2) is 7.28. The average molecular weight is 327 g/mol. The third-order valence-corrected chi connectivity index (χ3v) is 3.75. The van der Waals surface area contributed by atoms with Crippen molar-refractivity contribution in [2.45, 2.75) is 20.3 Å². The predicted octanol–water partition coefficient (Wildman–Crippen LogP) is 2.36. The number of nitrogens with zero attached hydrogens (tertiary/aromatic N) is 1. The van der Waals surface area contributed by atoms with Gasteiger partial charge in [-0.25, -0.2) is 0 Å². The Labute approximate surface area is 122 Å². The van der Waals surface area contributed by atoms with Gasteiger partial charge in [-0.2, -0.15) is 0 Å². The van der Waals surface area contributed by atoms with E-state index < -0.39 is 0 Å². The molecule has 4 nitrogen and oxygen atoms in total. The van der Waals surface area contributed by atoms with Crippen LogP contribution in [0.3, 0.4) is 0 Å². The largest absolute Gasteiger partial charge is 0.358 e. The molecule has 0 radical (unpaired) electrons. The van der Waals surface area contributed by atoms with Gasteiger partial charge in [-0.3, -0.25) is 9.59 Å². The Balaban J connectivity index is 2.98. The summed E-state index contributed by atoms with van der Waals surface area (Å²) in [6, 6.07) is 5.51. The maximum absolute atomic E-state index is 12.5. The second-order valence-electron chi connectivity index (χ2n) is 4.31. The third-order valence-electron chi connectivity index (χ3n) is 2.89. The molecule has 0 heterocycles. The fourth-order valence-electron chi connectivity index (χ4n) is 1.78. The molecule has 1 N–H and O–H groups in total. The van der Waals surface area contributed by atoms with Crippen molar-refractivity contribution in [3.05, 3.63) is 33.8 Å². The molecule has 1 rings (SSSR count). The first-order valence-electron chi connectivity index (χ1n) is 6.26. The smallest absolute Gasteiger partial charge is 0.254 e. The minimum absolute atomic E-state index is 0.0924. The predicted molar refractivity (Wildman–Crippen MR) is 79.1 cm³/mol. The summed E-state index contributed by atoms with van der Waals surface area (Å²) in [6.07, 6.45) is 0.815. The van der Waals surface area contributed by atoms with E-state index in [1.807, 2.05) is 26.0 Å². The van der Waals surface area contributed by atoms with E-state index in [4.69, 9.17) is 0 Å². The molecule has 1 aromatic rings.